The Kier molecular flexibility index (Phi) is 6.85. The first kappa shape index (κ1) is 21.7. The second-order valence-electron chi connectivity index (χ2n) is 7.45. The summed E-state index contributed by atoms with van der Waals surface area (Å²) in [5.74, 6) is 0.463. The van der Waals surface area contributed by atoms with Crippen LogP contribution in [0.15, 0.2) is 42.5 Å². The molecule has 156 valence electrons. The number of carbonyl (C=O) groups excluding carboxylic acids is 1. The molecule has 1 amide bonds. The number of sulfone groups is 1. The Balaban J connectivity index is 1.73. The first-order chi connectivity index (χ1) is 13.8. The van der Waals surface area contributed by atoms with Gasteiger partial charge in [-0.1, -0.05) is 42.8 Å². The standard InChI is InChI=1S/C22H26ClNO4S/c1-3-17-4-6-18(7-5-17)13-24(19-10-11-29(26,27)15-19)22(25)14-28-20-8-9-21(23)16(2)12-20/h4-9,12,19H,3,10-11,13-15H2,1-2H3. The second kappa shape index (κ2) is 9.18. The van der Waals surface area contributed by atoms with Gasteiger partial charge in [-0.2, -0.15) is 0 Å². The van der Waals surface area contributed by atoms with Crippen molar-refractivity contribution in [3.05, 3.63) is 64.2 Å². The van der Waals surface area contributed by atoms with Gasteiger partial charge in [0.25, 0.3) is 5.91 Å². The molecule has 1 aliphatic heterocycles. The van der Waals surface area contributed by atoms with E-state index in [1.165, 1.54) is 5.56 Å². The van der Waals surface area contributed by atoms with Crippen molar-refractivity contribution in [2.24, 2.45) is 0 Å². The van der Waals surface area contributed by atoms with E-state index in [1.54, 1.807) is 23.1 Å². The molecule has 2 aromatic carbocycles. The molecule has 7 heteroatoms. The zero-order valence-electron chi connectivity index (χ0n) is 16.7. The van der Waals surface area contributed by atoms with Crippen LogP contribution in [0.2, 0.25) is 5.02 Å². The molecule has 5 nitrogen and oxygen atoms in total. The third-order valence-corrected chi connectivity index (χ3v) is 7.42. The van der Waals surface area contributed by atoms with Crippen molar-refractivity contribution in [1.29, 1.82) is 0 Å². The fraction of sp³-hybridized carbons (Fsp3) is 0.409. The van der Waals surface area contributed by atoms with Crippen LogP contribution in [-0.4, -0.2) is 43.4 Å². The number of hydrogen-bond donors (Lipinski definition) is 0. The molecule has 0 bridgehead atoms. The highest BCUT2D eigenvalue weighted by molar-refractivity contribution is 7.91. The van der Waals surface area contributed by atoms with Gasteiger partial charge in [-0.05, 0) is 54.7 Å². The van der Waals surface area contributed by atoms with Crippen LogP contribution in [-0.2, 0) is 27.6 Å². The van der Waals surface area contributed by atoms with Crippen molar-refractivity contribution < 1.29 is 17.9 Å². The fourth-order valence-corrected chi connectivity index (χ4v) is 5.30. The predicted molar refractivity (Wildman–Crippen MR) is 115 cm³/mol. The van der Waals surface area contributed by atoms with Crippen LogP contribution in [0.1, 0.15) is 30.0 Å². The van der Waals surface area contributed by atoms with Gasteiger partial charge >= 0.3 is 0 Å². The van der Waals surface area contributed by atoms with Gasteiger partial charge in [0, 0.05) is 17.6 Å². The number of benzene rings is 2. The zero-order chi connectivity index (χ0) is 21.0. The van der Waals surface area contributed by atoms with E-state index in [9.17, 15) is 13.2 Å². The van der Waals surface area contributed by atoms with E-state index in [2.05, 4.69) is 6.92 Å². The Labute approximate surface area is 177 Å². The fourth-order valence-electron chi connectivity index (χ4n) is 3.45. The molecule has 0 radical (unpaired) electrons. The van der Waals surface area contributed by atoms with Crippen molar-refractivity contribution in [2.45, 2.75) is 39.3 Å². The Morgan fingerprint density at radius 3 is 2.45 bits per heavy atom. The van der Waals surface area contributed by atoms with Gasteiger partial charge < -0.3 is 9.64 Å². The third kappa shape index (κ3) is 5.73. The number of nitrogens with zero attached hydrogens (tertiary/aromatic N) is 1. The molecule has 2 aromatic rings. The molecule has 0 spiro atoms. The number of halogens is 1. The van der Waals surface area contributed by atoms with Crippen LogP contribution >= 0.6 is 11.6 Å². The van der Waals surface area contributed by atoms with E-state index in [0.29, 0.717) is 23.7 Å². The van der Waals surface area contributed by atoms with Crippen LogP contribution < -0.4 is 4.74 Å². The summed E-state index contributed by atoms with van der Waals surface area (Å²) < 4.78 is 29.6. The third-order valence-electron chi connectivity index (χ3n) is 5.25. The Hall–Kier alpha value is -2.05. The molecule has 0 saturated carbocycles. The Morgan fingerprint density at radius 2 is 1.86 bits per heavy atom. The van der Waals surface area contributed by atoms with Crippen LogP contribution in [0, 0.1) is 6.92 Å². The van der Waals surface area contributed by atoms with E-state index in [0.717, 1.165) is 17.5 Å². The maximum atomic E-state index is 13.0. The molecular weight excluding hydrogens is 410 g/mol. The first-order valence-corrected chi connectivity index (χ1v) is 11.9. The lowest BCUT2D eigenvalue weighted by Gasteiger charge is -2.28. The molecule has 0 aromatic heterocycles. The number of aryl methyl sites for hydroxylation is 2. The largest absolute Gasteiger partial charge is 0.484 e. The summed E-state index contributed by atoms with van der Waals surface area (Å²) >= 11 is 6.03. The summed E-state index contributed by atoms with van der Waals surface area (Å²) in [7, 11) is -3.10. The summed E-state index contributed by atoms with van der Waals surface area (Å²) in [5, 5.41) is 0.636. The van der Waals surface area contributed by atoms with Crippen molar-refractivity contribution in [3.8, 4) is 5.75 Å². The number of carbonyl (C=O) groups is 1. The summed E-state index contributed by atoms with van der Waals surface area (Å²) in [6.07, 6.45) is 1.40. The van der Waals surface area contributed by atoms with E-state index < -0.39 is 9.84 Å². The Morgan fingerprint density at radius 1 is 1.17 bits per heavy atom. The average molecular weight is 436 g/mol. The van der Waals surface area contributed by atoms with Gasteiger partial charge in [0.15, 0.2) is 16.4 Å². The molecule has 1 saturated heterocycles. The predicted octanol–water partition coefficient (Wildman–Crippen LogP) is 3.81. The van der Waals surface area contributed by atoms with Crippen molar-refractivity contribution >= 4 is 27.3 Å². The van der Waals surface area contributed by atoms with Crippen LogP contribution in [0.25, 0.3) is 0 Å². The van der Waals surface area contributed by atoms with Crippen LogP contribution in [0.5, 0.6) is 5.75 Å². The quantitative estimate of drug-likeness (QED) is 0.663. The molecular formula is C22H26ClNO4S. The Bertz CT molecular complexity index is 973. The monoisotopic (exact) mass is 435 g/mol. The van der Waals surface area contributed by atoms with Crippen molar-refractivity contribution in [3.63, 3.8) is 0 Å². The molecule has 1 unspecified atom stereocenters. The maximum Gasteiger partial charge on any atom is 0.261 e. The maximum absolute atomic E-state index is 13.0. The summed E-state index contributed by atoms with van der Waals surface area (Å²) in [6, 6.07) is 13.0. The number of rotatable bonds is 7. The smallest absolute Gasteiger partial charge is 0.261 e. The van der Waals surface area contributed by atoms with E-state index in [-0.39, 0.29) is 30.1 Å². The zero-order valence-corrected chi connectivity index (χ0v) is 18.3. The van der Waals surface area contributed by atoms with Crippen molar-refractivity contribution in [1.82, 2.24) is 4.90 Å². The van der Waals surface area contributed by atoms with Gasteiger partial charge in [-0.25, -0.2) is 8.42 Å². The molecule has 1 atom stereocenters. The SMILES string of the molecule is CCc1ccc(CN(C(=O)COc2ccc(Cl)c(C)c2)C2CCS(=O)(=O)C2)cc1. The van der Waals surface area contributed by atoms with Gasteiger partial charge in [0.1, 0.15) is 5.75 Å². The van der Waals surface area contributed by atoms with Crippen molar-refractivity contribution in [2.75, 3.05) is 18.1 Å². The van der Waals surface area contributed by atoms with Gasteiger partial charge in [0.05, 0.1) is 11.5 Å². The molecule has 1 fully saturated rings. The molecule has 0 aliphatic carbocycles. The normalized spacial score (nSPS) is 17.8. The lowest BCUT2D eigenvalue weighted by Crippen LogP contribution is -2.43. The summed E-state index contributed by atoms with van der Waals surface area (Å²) in [5.41, 5.74) is 3.06. The van der Waals surface area contributed by atoms with Gasteiger partial charge in [0.2, 0.25) is 0 Å². The number of ether oxygens (including phenoxy) is 1. The molecule has 0 N–H and O–H groups in total. The van der Waals surface area contributed by atoms with Crippen LogP contribution in [0.3, 0.4) is 0 Å². The number of amides is 1. The van der Waals surface area contributed by atoms with Crippen LogP contribution in [0.4, 0.5) is 0 Å². The van der Waals surface area contributed by atoms with E-state index >= 15 is 0 Å². The minimum atomic E-state index is -3.10. The highest BCUT2D eigenvalue weighted by atomic mass is 35.5. The minimum Gasteiger partial charge on any atom is -0.484 e. The highest BCUT2D eigenvalue weighted by Gasteiger charge is 2.34. The highest BCUT2D eigenvalue weighted by Crippen LogP contribution is 2.23. The lowest BCUT2D eigenvalue weighted by atomic mass is 10.1. The average Bonchev–Trinajstić information content (AvgIpc) is 3.06. The summed E-state index contributed by atoms with van der Waals surface area (Å²) in [4.78, 5) is 14.6. The number of hydrogen-bond acceptors (Lipinski definition) is 4. The van der Waals surface area contributed by atoms with E-state index in [4.69, 9.17) is 16.3 Å². The molecule has 29 heavy (non-hydrogen) atoms. The lowest BCUT2D eigenvalue weighted by molar-refractivity contribution is -0.136. The molecule has 1 heterocycles. The molecule has 3 rings (SSSR count). The summed E-state index contributed by atoms with van der Waals surface area (Å²) in [6.45, 7) is 4.17. The topological polar surface area (TPSA) is 63.7 Å². The van der Waals surface area contributed by atoms with Gasteiger partial charge in [-0.3, -0.25) is 4.79 Å². The first-order valence-electron chi connectivity index (χ1n) is 9.74. The van der Waals surface area contributed by atoms with E-state index in [1.807, 2.05) is 31.2 Å². The second-order valence-corrected chi connectivity index (χ2v) is 10.1. The molecule has 1 aliphatic rings. The van der Waals surface area contributed by atoms with Gasteiger partial charge in [-0.15, -0.1) is 0 Å². The minimum absolute atomic E-state index is 0.00579.